The molecule has 1 aliphatic carbocycles. The molecule has 0 bridgehead atoms. The highest BCUT2D eigenvalue weighted by Crippen LogP contribution is 2.35. The van der Waals surface area contributed by atoms with Crippen LogP contribution in [0.4, 0.5) is 5.69 Å². The Hall–Kier alpha value is -2.12. The molecule has 2 aromatic heterocycles. The van der Waals surface area contributed by atoms with E-state index >= 15 is 0 Å². The average molecular weight is 388 g/mol. The third-order valence-corrected chi connectivity index (χ3v) is 7.00. The van der Waals surface area contributed by atoms with Gasteiger partial charge in [0.05, 0.1) is 10.9 Å². The Balaban J connectivity index is 1.74. The summed E-state index contributed by atoms with van der Waals surface area (Å²) in [5.74, 6) is 0. The number of nitrogens with one attached hydrogen (secondary N) is 1. The number of aromatic nitrogens is 2. The van der Waals surface area contributed by atoms with Crippen molar-refractivity contribution >= 4 is 27.0 Å². The van der Waals surface area contributed by atoms with Gasteiger partial charge in [-0.05, 0) is 43.3 Å². The van der Waals surface area contributed by atoms with Crippen molar-refractivity contribution in [3.05, 3.63) is 53.5 Å². The normalized spacial score (nSPS) is 15.4. The van der Waals surface area contributed by atoms with E-state index in [0.717, 1.165) is 23.3 Å². The first-order valence-electron chi connectivity index (χ1n) is 8.75. The zero-order valence-corrected chi connectivity index (χ0v) is 16.2. The quantitative estimate of drug-likeness (QED) is 0.681. The summed E-state index contributed by atoms with van der Waals surface area (Å²) in [7, 11) is -3.72. The topological polar surface area (TPSA) is 64.0 Å². The molecule has 26 heavy (non-hydrogen) atoms. The minimum Gasteiger partial charge on any atom is -0.280 e. The van der Waals surface area contributed by atoms with E-state index in [1.54, 1.807) is 18.3 Å². The third kappa shape index (κ3) is 3.41. The fourth-order valence-electron chi connectivity index (χ4n) is 3.34. The number of hydrogen-bond donors (Lipinski definition) is 1. The van der Waals surface area contributed by atoms with E-state index in [4.69, 9.17) is 0 Å². The predicted octanol–water partition coefficient (Wildman–Crippen LogP) is 4.84. The lowest BCUT2D eigenvalue weighted by Crippen LogP contribution is -2.13. The molecule has 0 aliphatic heterocycles. The zero-order chi connectivity index (χ0) is 18.1. The lowest BCUT2D eigenvalue weighted by molar-refractivity contribution is 0.467. The van der Waals surface area contributed by atoms with Crippen LogP contribution in [-0.2, 0) is 10.0 Å². The highest BCUT2D eigenvalue weighted by atomic mass is 32.2. The standard InChI is InChI=1S/C19H21N3O2S2/c1-14-8-10-15(11-9-14)21-26(23,24)18-13-22(16-5-2-3-6-16)20-19(18)17-7-4-12-25-17/h4,7-13,16,21H,2-3,5-6H2,1H3. The van der Waals surface area contributed by atoms with Crippen LogP contribution in [0.5, 0.6) is 0 Å². The molecule has 1 N–H and O–H groups in total. The number of sulfonamides is 1. The van der Waals surface area contributed by atoms with Crippen LogP contribution in [0.3, 0.4) is 0 Å². The van der Waals surface area contributed by atoms with Gasteiger partial charge in [-0.2, -0.15) is 5.10 Å². The fraction of sp³-hybridized carbons (Fsp3) is 0.316. The average Bonchev–Trinajstić information content (AvgIpc) is 3.36. The van der Waals surface area contributed by atoms with E-state index in [-0.39, 0.29) is 10.9 Å². The molecule has 0 unspecified atom stereocenters. The SMILES string of the molecule is Cc1ccc(NS(=O)(=O)c2cn(C3CCCC3)nc2-c2cccs2)cc1. The van der Waals surface area contributed by atoms with Crippen molar-refractivity contribution in [2.45, 2.75) is 43.5 Å². The summed E-state index contributed by atoms with van der Waals surface area (Å²) in [4.78, 5) is 1.11. The summed E-state index contributed by atoms with van der Waals surface area (Å²) >= 11 is 1.50. The Morgan fingerprint density at radius 2 is 1.88 bits per heavy atom. The molecule has 7 heteroatoms. The number of rotatable bonds is 5. The largest absolute Gasteiger partial charge is 0.280 e. The van der Waals surface area contributed by atoms with Gasteiger partial charge in [-0.1, -0.05) is 36.6 Å². The molecule has 4 rings (SSSR count). The molecule has 136 valence electrons. The molecule has 0 amide bonds. The molecule has 1 aromatic carbocycles. The number of hydrogen-bond acceptors (Lipinski definition) is 4. The predicted molar refractivity (Wildman–Crippen MR) is 105 cm³/mol. The minimum absolute atomic E-state index is 0.243. The monoisotopic (exact) mass is 387 g/mol. The molecule has 1 fully saturated rings. The zero-order valence-electron chi connectivity index (χ0n) is 14.6. The molecule has 0 radical (unpaired) electrons. The Labute approximate surface area is 157 Å². The lowest BCUT2D eigenvalue weighted by Gasteiger charge is -2.09. The van der Waals surface area contributed by atoms with Gasteiger partial charge in [0.1, 0.15) is 10.6 Å². The first-order chi connectivity index (χ1) is 12.5. The van der Waals surface area contributed by atoms with Crippen LogP contribution in [0, 0.1) is 6.92 Å². The minimum atomic E-state index is -3.72. The number of thiophene rings is 1. The van der Waals surface area contributed by atoms with Gasteiger partial charge < -0.3 is 0 Å². The smallest absolute Gasteiger partial charge is 0.265 e. The number of benzene rings is 1. The molecule has 5 nitrogen and oxygen atoms in total. The first-order valence-corrected chi connectivity index (χ1v) is 11.1. The van der Waals surface area contributed by atoms with E-state index < -0.39 is 10.0 Å². The van der Waals surface area contributed by atoms with Gasteiger partial charge in [0, 0.05) is 11.9 Å². The van der Waals surface area contributed by atoms with Gasteiger partial charge in [-0.15, -0.1) is 11.3 Å². The Morgan fingerprint density at radius 3 is 2.54 bits per heavy atom. The number of aryl methyl sites for hydroxylation is 1. The molecule has 3 aromatic rings. The van der Waals surface area contributed by atoms with Gasteiger partial charge in [0.15, 0.2) is 0 Å². The van der Waals surface area contributed by atoms with Crippen LogP contribution in [0.1, 0.15) is 37.3 Å². The highest BCUT2D eigenvalue weighted by molar-refractivity contribution is 7.92. The Bertz CT molecular complexity index is 984. The van der Waals surface area contributed by atoms with Gasteiger partial charge in [0.25, 0.3) is 10.0 Å². The molecule has 1 saturated carbocycles. The molecule has 1 aliphatic rings. The van der Waals surface area contributed by atoms with Crippen LogP contribution < -0.4 is 4.72 Å². The molecule has 0 atom stereocenters. The van der Waals surface area contributed by atoms with Crippen LogP contribution in [0.15, 0.2) is 52.9 Å². The fourth-order valence-corrected chi connectivity index (χ4v) is 5.34. The maximum atomic E-state index is 13.1. The van der Waals surface area contributed by atoms with Crippen molar-refractivity contribution in [3.8, 4) is 10.6 Å². The van der Waals surface area contributed by atoms with E-state index in [1.165, 1.54) is 24.2 Å². The van der Waals surface area contributed by atoms with Gasteiger partial charge >= 0.3 is 0 Å². The molecular formula is C19H21N3O2S2. The summed E-state index contributed by atoms with van der Waals surface area (Å²) in [6, 6.07) is 11.4. The number of anilines is 1. The van der Waals surface area contributed by atoms with Crippen molar-refractivity contribution in [1.82, 2.24) is 9.78 Å². The second-order valence-electron chi connectivity index (χ2n) is 6.71. The van der Waals surface area contributed by atoms with Gasteiger partial charge in [0.2, 0.25) is 0 Å². The van der Waals surface area contributed by atoms with Crippen molar-refractivity contribution in [2.75, 3.05) is 4.72 Å². The Kier molecular flexibility index (Phi) is 4.58. The van der Waals surface area contributed by atoms with Crippen LogP contribution >= 0.6 is 11.3 Å². The summed E-state index contributed by atoms with van der Waals surface area (Å²) in [5.41, 5.74) is 2.18. The summed E-state index contributed by atoms with van der Waals surface area (Å²) in [5, 5.41) is 6.60. The second kappa shape index (κ2) is 6.89. The molecule has 0 spiro atoms. The van der Waals surface area contributed by atoms with E-state index in [9.17, 15) is 8.42 Å². The summed E-state index contributed by atoms with van der Waals surface area (Å²) in [6.45, 7) is 1.97. The first kappa shape index (κ1) is 17.3. The lowest BCUT2D eigenvalue weighted by atomic mass is 10.2. The summed E-state index contributed by atoms with van der Waals surface area (Å²) < 4.78 is 30.7. The number of nitrogens with zero attached hydrogens (tertiary/aromatic N) is 2. The van der Waals surface area contributed by atoms with Crippen LogP contribution in [0.25, 0.3) is 10.6 Å². The molecule has 2 heterocycles. The van der Waals surface area contributed by atoms with Crippen LogP contribution in [0.2, 0.25) is 0 Å². The second-order valence-corrected chi connectivity index (χ2v) is 9.31. The van der Waals surface area contributed by atoms with E-state index in [0.29, 0.717) is 11.4 Å². The van der Waals surface area contributed by atoms with E-state index in [2.05, 4.69) is 9.82 Å². The maximum Gasteiger partial charge on any atom is 0.265 e. The molecule has 0 saturated heterocycles. The highest BCUT2D eigenvalue weighted by Gasteiger charge is 2.27. The van der Waals surface area contributed by atoms with Crippen LogP contribution in [-0.4, -0.2) is 18.2 Å². The van der Waals surface area contributed by atoms with Crippen molar-refractivity contribution in [2.24, 2.45) is 0 Å². The maximum absolute atomic E-state index is 13.1. The van der Waals surface area contributed by atoms with E-state index in [1.807, 2.05) is 41.3 Å². The van der Waals surface area contributed by atoms with Crippen molar-refractivity contribution < 1.29 is 8.42 Å². The Morgan fingerprint density at radius 1 is 1.15 bits per heavy atom. The van der Waals surface area contributed by atoms with Crippen molar-refractivity contribution in [1.29, 1.82) is 0 Å². The van der Waals surface area contributed by atoms with Gasteiger partial charge in [-0.25, -0.2) is 8.42 Å². The third-order valence-electron chi connectivity index (χ3n) is 4.75. The summed E-state index contributed by atoms with van der Waals surface area (Å²) in [6.07, 6.45) is 6.14. The molecular weight excluding hydrogens is 366 g/mol. The van der Waals surface area contributed by atoms with Crippen molar-refractivity contribution in [3.63, 3.8) is 0 Å². The van der Waals surface area contributed by atoms with Gasteiger partial charge in [-0.3, -0.25) is 9.40 Å².